The van der Waals surface area contributed by atoms with Gasteiger partial charge in [0.05, 0.1) is 19.9 Å². The summed E-state index contributed by atoms with van der Waals surface area (Å²) in [7, 11) is 2.78. The maximum Gasteiger partial charge on any atom is 0.331 e. The van der Waals surface area contributed by atoms with Crippen LogP contribution in [0.3, 0.4) is 0 Å². The number of esters is 1. The second-order valence-electron chi connectivity index (χ2n) is 4.40. The predicted octanol–water partition coefficient (Wildman–Crippen LogP) is 1.77. The third kappa shape index (κ3) is 3.87. The van der Waals surface area contributed by atoms with Gasteiger partial charge in [-0.2, -0.15) is 0 Å². The quantitative estimate of drug-likeness (QED) is 0.814. The first kappa shape index (κ1) is 14.8. The number of para-hydroxylation sites is 2. The van der Waals surface area contributed by atoms with Gasteiger partial charge in [0.1, 0.15) is 11.3 Å². The SMILES string of the molecule is COC(=O)C(C)(C)NC(=O)Nc1ccccc1OC. The number of anilines is 1. The summed E-state index contributed by atoms with van der Waals surface area (Å²) >= 11 is 0. The lowest BCUT2D eigenvalue weighted by Gasteiger charge is -2.23. The lowest BCUT2D eigenvalue weighted by atomic mass is 10.1. The summed E-state index contributed by atoms with van der Waals surface area (Å²) in [6, 6.07) is 6.47. The third-order valence-corrected chi connectivity index (χ3v) is 2.48. The van der Waals surface area contributed by atoms with E-state index in [1.807, 2.05) is 0 Å². The number of methoxy groups -OCH3 is 2. The highest BCUT2D eigenvalue weighted by molar-refractivity contribution is 5.95. The molecule has 0 fully saturated rings. The summed E-state index contributed by atoms with van der Waals surface area (Å²) in [5, 5.41) is 5.14. The van der Waals surface area contributed by atoms with Crippen molar-refractivity contribution in [2.24, 2.45) is 0 Å². The van der Waals surface area contributed by atoms with Crippen molar-refractivity contribution in [3.63, 3.8) is 0 Å². The predicted molar refractivity (Wildman–Crippen MR) is 71.2 cm³/mol. The van der Waals surface area contributed by atoms with E-state index < -0.39 is 17.5 Å². The zero-order valence-electron chi connectivity index (χ0n) is 11.4. The molecule has 0 unspecified atom stereocenters. The number of carbonyl (C=O) groups is 2. The minimum atomic E-state index is -1.11. The Balaban J connectivity index is 2.73. The number of urea groups is 1. The van der Waals surface area contributed by atoms with Crippen molar-refractivity contribution in [3.05, 3.63) is 24.3 Å². The van der Waals surface area contributed by atoms with E-state index in [0.717, 1.165) is 0 Å². The molecular weight excluding hydrogens is 248 g/mol. The van der Waals surface area contributed by atoms with Gasteiger partial charge in [-0.15, -0.1) is 0 Å². The zero-order chi connectivity index (χ0) is 14.5. The normalized spacial score (nSPS) is 10.5. The van der Waals surface area contributed by atoms with E-state index in [1.165, 1.54) is 14.2 Å². The van der Waals surface area contributed by atoms with E-state index >= 15 is 0 Å². The lowest BCUT2D eigenvalue weighted by molar-refractivity contribution is -0.146. The Labute approximate surface area is 112 Å². The lowest BCUT2D eigenvalue weighted by Crippen LogP contribution is -2.51. The van der Waals surface area contributed by atoms with Crippen molar-refractivity contribution in [1.29, 1.82) is 0 Å². The zero-order valence-corrected chi connectivity index (χ0v) is 11.4. The van der Waals surface area contributed by atoms with Crippen LogP contribution in [-0.2, 0) is 9.53 Å². The summed E-state index contributed by atoms with van der Waals surface area (Å²) in [4.78, 5) is 23.3. The van der Waals surface area contributed by atoms with Crippen molar-refractivity contribution in [2.45, 2.75) is 19.4 Å². The molecule has 0 spiro atoms. The van der Waals surface area contributed by atoms with E-state index in [4.69, 9.17) is 4.74 Å². The summed E-state index contributed by atoms with van der Waals surface area (Å²) in [5.41, 5.74) is -0.593. The molecule has 2 amide bonds. The van der Waals surface area contributed by atoms with Crippen LogP contribution in [0, 0.1) is 0 Å². The van der Waals surface area contributed by atoms with Crippen LogP contribution < -0.4 is 15.4 Å². The molecule has 0 radical (unpaired) electrons. The molecule has 2 N–H and O–H groups in total. The molecule has 0 saturated heterocycles. The van der Waals surface area contributed by atoms with Crippen LogP contribution in [0.15, 0.2) is 24.3 Å². The van der Waals surface area contributed by atoms with Crippen LogP contribution in [0.1, 0.15) is 13.8 Å². The first-order chi connectivity index (χ1) is 8.90. The van der Waals surface area contributed by atoms with Crippen LogP contribution in [0.25, 0.3) is 0 Å². The fourth-order valence-electron chi connectivity index (χ4n) is 1.49. The van der Waals surface area contributed by atoms with Gasteiger partial charge < -0.3 is 20.1 Å². The Hall–Kier alpha value is -2.24. The van der Waals surface area contributed by atoms with Crippen LogP contribution in [0.4, 0.5) is 10.5 Å². The minimum Gasteiger partial charge on any atom is -0.495 e. The smallest absolute Gasteiger partial charge is 0.331 e. The molecule has 6 heteroatoms. The van der Waals surface area contributed by atoms with Gasteiger partial charge in [0.25, 0.3) is 0 Å². The molecule has 0 aliphatic carbocycles. The fraction of sp³-hybridized carbons (Fsp3) is 0.385. The van der Waals surface area contributed by atoms with E-state index in [-0.39, 0.29) is 0 Å². The van der Waals surface area contributed by atoms with Gasteiger partial charge in [-0.05, 0) is 26.0 Å². The van der Waals surface area contributed by atoms with Crippen LogP contribution in [0.5, 0.6) is 5.75 Å². The first-order valence-corrected chi connectivity index (χ1v) is 5.71. The van der Waals surface area contributed by atoms with Crippen molar-refractivity contribution in [1.82, 2.24) is 5.32 Å². The Bertz CT molecular complexity index is 471. The average Bonchev–Trinajstić information content (AvgIpc) is 2.37. The molecule has 0 saturated carbocycles. The van der Waals surface area contributed by atoms with Gasteiger partial charge in [0.2, 0.25) is 0 Å². The van der Waals surface area contributed by atoms with Gasteiger partial charge in [-0.25, -0.2) is 9.59 Å². The third-order valence-electron chi connectivity index (χ3n) is 2.48. The van der Waals surface area contributed by atoms with Gasteiger partial charge in [-0.1, -0.05) is 12.1 Å². The molecule has 6 nitrogen and oxygen atoms in total. The van der Waals surface area contributed by atoms with Crippen LogP contribution >= 0.6 is 0 Å². The topological polar surface area (TPSA) is 76.7 Å². The number of nitrogens with one attached hydrogen (secondary N) is 2. The number of amides is 2. The largest absolute Gasteiger partial charge is 0.495 e. The summed E-state index contributed by atoms with van der Waals surface area (Å²) in [6.07, 6.45) is 0. The van der Waals surface area contributed by atoms with Crippen molar-refractivity contribution in [2.75, 3.05) is 19.5 Å². The molecule has 0 heterocycles. The molecule has 104 valence electrons. The highest BCUT2D eigenvalue weighted by atomic mass is 16.5. The Morgan fingerprint density at radius 1 is 1.16 bits per heavy atom. The molecule has 1 rings (SSSR count). The number of hydrogen-bond donors (Lipinski definition) is 2. The number of benzene rings is 1. The van der Waals surface area contributed by atoms with E-state index in [1.54, 1.807) is 38.1 Å². The molecular formula is C13H18N2O4. The number of ether oxygens (including phenoxy) is 2. The molecule has 0 atom stereocenters. The van der Waals surface area contributed by atoms with Gasteiger partial charge in [0.15, 0.2) is 0 Å². The van der Waals surface area contributed by atoms with E-state index in [9.17, 15) is 9.59 Å². The minimum absolute atomic E-state index is 0.514. The van der Waals surface area contributed by atoms with Crippen molar-refractivity contribution >= 4 is 17.7 Å². The first-order valence-electron chi connectivity index (χ1n) is 5.71. The maximum absolute atomic E-state index is 11.8. The van der Waals surface area contributed by atoms with E-state index in [0.29, 0.717) is 11.4 Å². The Kier molecular flexibility index (Phi) is 4.74. The molecule has 0 bridgehead atoms. The molecule has 0 aliphatic heterocycles. The van der Waals surface area contributed by atoms with Gasteiger partial charge >= 0.3 is 12.0 Å². The number of rotatable bonds is 4. The Morgan fingerprint density at radius 2 is 1.79 bits per heavy atom. The van der Waals surface area contributed by atoms with Crippen LogP contribution in [-0.4, -0.2) is 31.8 Å². The highest BCUT2D eigenvalue weighted by Gasteiger charge is 2.30. The Morgan fingerprint density at radius 3 is 2.37 bits per heavy atom. The van der Waals surface area contributed by atoms with Crippen LogP contribution in [0.2, 0.25) is 0 Å². The summed E-state index contributed by atoms with van der Waals surface area (Å²) in [6.45, 7) is 3.11. The van der Waals surface area contributed by atoms with Gasteiger partial charge in [-0.3, -0.25) is 0 Å². The molecule has 0 aliphatic rings. The molecule has 1 aromatic carbocycles. The maximum atomic E-state index is 11.8. The number of hydrogen-bond acceptors (Lipinski definition) is 4. The molecule has 0 aromatic heterocycles. The van der Waals surface area contributed by atoms with Crippen molar-refractivity contribution < 1.29 is 19.1 Å². The fourth-order valence-corrected chi connectivity index (χ4v) is 1.49. The summed E-state index contributed by atoms with van der Waals surface area (Å²) in [5.74, 6) is 0.0104. The van der Waals surface area contributed by atoms with E-state index in [2.05, 4.69) is 15.4 Å². The standard InChI is InChI=1S/C13H18N2O4/c1-13(2,11(16)19-4)15-12(17)14-9-7-5-6-8-10(9)18-3/h5-8H,1-4H3,(H2,14,15,17). The van der Waals surface area contributed by atoms with Crippen molar-refractivity contribution in [3.8, 4) is 5.75 Å². The molecule has 19 heavy (non-hydrogen) atoms. The second kappa shape index (κ2) is 6.08. The second-order valence-corrected chi connectivity index (χ2v) is 4.40. The molecule has 1 aromatic rings. The van der Waals surface area contributed by atoms with Gasteiger partial charge in [0, 0.05) is 0 Å². The summed E-state index contributed by atoms with van der Waals surface area (Å²) < 4.78 is 9.72. The monoisotopic (exact) mass is 266 g/mol. The highest BCUT2D eigenvalue weighted by Crippen LogP contribution is 2.22. The average molecular weight is 266 g/mol. The number of carbonyl (C=O) groups excluding carboxylic acids is 2.